The number of carbonyl (C=O) groups is 2. The first-order valence-electron chi connectivity index (χ1n) is 8.05. The molecule has 0 spiro atoms. The van der Waals surface area contributed by atoms with Crippen molar-refractivity contribution in [3.8, 4) is 0 Å². The van der Waals surface area contributed by atoms with Crippen molar-refractivity contribution in [2.24, 2.45) is 0 Å². The van der Waals surface area contributed by atoms with E-state index in [1.54, 1.807) is 24.2 Å². The summed E-state index contributed by atoms with van der Waals surface area (Å²) >= 11 is 0. The third kappa shape index (κ3) is 5.50. The van der Waals surface area contributed by atoms with Crippen molar-refractivity contribution in [1.82, 2.24) is 15.2 Å². The summed E-state index contributed by atoms with van der Waals surface area (Å²) < 4.78 is 0. The lowest BCUT2D eigenvalue weighted by Gasteiger charge is -2.26. The van der Waals surface area contributed by atoms with Crippen LogP contribution in [0.5, 0.6) is 0 Å². The summed E-state index contributed by atoms with van der Waals surface area (Å²) in [5.74, 6) is -0.301. The molecule has 0 bridgehead atoms. The van der Waals surface area contributed by atoms with Gasteiger partial charge in [0.05, 0.1) is 0 Å². The van der Waals surface area contributed by atoms with E-state index < -0.39 is 6.04 Å². The molecule has 2 rings (SSSR count). The number of pyridine rings is 1. The Morgan fingerprint density at radius 3 is 2.46 bits per heavy atom. The lowest BCUT2D eigenvalue weighted by atomic mass is 10.1. The molecule has 1 aromatic carbocycles. The van der Waals surface area contributed by atoms with Crippen molar-refractivity contribution < 1.29 is 9.59 Å². The topological polar surface area (TPSA) is 62.3 Å². The molecule has 0 fully saturated rings. The summed E-state index contributed by atoms with van der Waals surface area (Å²) in [6.45, 7) is 4.19. The van der Waals surface area contributed by atoms with Crippen LogP contribution in [0, 0.1) is 0 Å². The lowest BCUT2D eigenvalue weighted by molar-refractivity contribution is -0.136. The highest BCUT2D eigenvalue weighted by atomic mass is 16.2. The number of hydrogen-bond acceptors (Lipinski definition) is 3. The van der Waals surface area contributed by atoms with Gasteiger partial charge in [0.15, 0.2) is 0 Å². The van der Waals surface area contributed by atoms with Gasteiger partial charge in [0, 0.05) is 32.4 Å². The van der Waals surface area contributed by atoms with Crippen LogP contribution in [-0.4, -0.2) is 34.3 Å². The van der Waals surface area contributed by atoms with Crippen molar-refractivity contribution in [1.29, 1.82) is 0 Å². The molecule has 0 aliphatic carbocycles. The first-order valence-corrected chi connectivity index (χ1v) is 8.05. The Balaban J connectivity index is 2.08. The Labute approximate surface area is 142 Å². The number of benzene rings is 1. The maximum atomic E-state index is 12.7. The zero-order valence-electron chi connectivity index (χ0n) is 14.1. The Kier molecular flexibility index (Phi) is 6.49. The molecule has 1 N–H and O–H groups in total. The van der Waals surface area contributed by atoms with Gasteiger partial charge in [-0.05, 0) is 30.5 Å². The molecule has 0 saturated carbocycles. The van der Waals surface area contributed by atoms with Gasteiger partial charge in [0.2, 0.25) is 11.8 Å². The fourth-order valence-corrected chi connectivity index (χ4v) is 2.53. The number of nitrogens with zero attached hydrogens (tertiary/aromatic N) is 2. The van der Waals surface area contributed by atoms with Gasteiger partial charge in [0.25, 0.3) is 0 Å². The molecular weight excluding hydrogens is 302 g/mol. The third-order valence-electron chi connectivity index (χ3n) is 3.71. The van der Waals surface area contributed by atoms with E-state index in [1.165, 1.54) is 12.5 Å². The van der Waals surface area contributed by atoms with Crippen molar-refractivity contribution in [2.75, 3.05) is 6.54 Å². The van der Waals surface area contributed by atoms with Crippen LogP contribution >= 0.6 is 0 Å². The molecule has 0 unspecified atom stereocenters. The quantitative estimate of drug-likeness (QED) is 0.849. The van der Waals surface area contributed by atoms with Crippen molar-refractivity contribution in [3.05, 3.63) is 66.0 Å². The molecule has 2 amide bonds. The van der Waals surface area contributed by atoms with Crippen LogP contribution in [0.4, 0.5) is 0 Å². The highest BCUT2D eigenvalue weighted by Gasteiger charge is 2.21. The number of carbonyl (C=O) groups excluding carboxylic acids is 2. The van der Waals surface area contributed by atoms with Crippen LogP contribution in [0.15, 0.2) is 54.9 Å². The predicted octanol–water partition coefficient (Wildman–Crippen LogP) is 2.18. The monoisotopic (exact) mass is 325 g/mol. The molecule has 0 aliphatic rings. The van der Waals surface area contributed by atoms with E-state index in [9.17, 15) is 9.59 Å². The average molecular weight is 325 g/mol. The average Bonchev–Trinajstić information content (AvgIpc) is 2.59. The second-order valence-corrected chi connectivity index (χ2v) is 5.78. The molecule has 0 saturated heterocycles. The van der Waals surface area contributed by atoms with E-state index in [2.05, 4.69) is 10.3 Å². The second-order valence-electron chi connectivity index (χ2n) is 5.78. The van der Waals surface area contributed by atoms with Gasteiger partial charge in [0.1, 0.15) is 6.04 Å². The molecule has 5 heteroatoms. The molecule has 5 nitrogen and oxygen atoms in total. The summed E-state index contributed by atoms with van der Waals surface area (Å²) in [4.78, 5) is 29.8. The zero-order valence-corrected chi connectivity index (χ0v) is 14.1. The number of amides is 2. The number of hydrogen-bond donors (Lipinski definition) is 1. The van der Waals surface area contributed by atoms with Gasteiger partial charge in [-0.2, -0.15) is 0 Å². The molecule has 126 valence electrons. The molecular formula is C19H23N3O2. The SMILES string of the molecule is CC(=O)N[C@@H](C)C(=O)N(CCc1ccccc1)Cc1cccnc1. The van der Waals surface area contributed by atoms with Crippen molar-refractivity contribution in [3.63, 3.8) is 0 Å². The van der Waals surface area contributed by atoms with Crippen LogP contribution < -0.4 is 5.32 Å². The highest BCUT2D eigenvalue weighted by Crippen LogP contribution is 2.08. The Bertz CT molecular complexity index is 659. The summed E-state index contributed by atoms with van der Waals surface area (Å²) in [5.41, 5.74) is 2.14. The van der Waals surface area contributed by atoms with Crippen LogP contribution in [0.1, 0.15) is 25.0 Å². The van der Waals surface area contributed by atoms with E-state index >= 15 is 0 Å². The minimum absolute atomic E-state index is 0.0926. The number of aromatic nitrogens is 1. The van der Waals surface area contributed by atoms with Gasteiger partial charge in [-0.25, -0.2) is 0 Å². The Hall–Kier alpha value is -2.69. The largest absolute Gasteiger partial charge is 0.345 e. The molecule has 1 aromatic heterocycles. The van der Waals surface area contributed by atoms with E-state index in [0.29, 0.717) is 13.1 Å². The van der Waals surface area contributed by atoms with E-state index in [0.717, 1.165) is 12.0 Å². The smallest absolute Gasteiger partial charge is 0.245 e. The normalized spacial score (nSPS) is 11.6. The van der Waals surface area contributed by atoms with E-state index in [-0.39, 0.29) is 11.8 Å². The zero-order chi connectivity index (χ0) is 17.4. The van der Waals surface area contributed by atoms with Gasteiger partial charge < -0.3 is 10.2 Å². The minimum Gasteiger partial charge on any atom is -0.345 e. The fourth-order valence-electron chi connectivity index (χ4n) is 2.53. The van der Waals surface area contributed by atoms with Crippen LogP contribution in [0.2, 0.25) is 0 Å². The molecule has 1 atom stereocenters. The van der Waals surface area contributed by atoms with Gasteiger partial charge in [-0.1, -0.05) is 36.4 Å². The van der Waals surface area contributed by atoms with Crippen LogP contribution in [-0.2, 0) is 22.6 Å². The van der Waals surface area contributed by atoms with Crippen LogP contribution in [0.25, 0.3) is 0 Å². The molecule has 0 radical (unpaired) electrons. The Morgan fingerprint density at radius 1 is 1.12 bits per heavy atom. The van der Waals surface area contributed by atoms with E-state index in [4.69, 9.17) is 0 Å². The second kappa shape index (κ2) is 8.82. The van der Waals surface area contributed by atoms with Crippen LogP contribution in [0.3, 0.4) is 0 Å². The molecule has 24 heavy (non-hydrogen) atoms. The highest BCUT2D eigenvalue weighted by molar-refractivity contribution is 5.86. The molecule has 1 heterocycles. The first-order chi connectivity index (χ1) is 11.6. The maximum absolute atomic E-state index is 12.7. The van der Waals surface area contributed by atoms with Crippen molar-refractivity contribution >= 4 is 11.8 Å². The maximum Gasteiger partial charge on any atom is 0.245 e. The van der Waals surface area contributed by atoms with Gasteiger partial charge >= 0.3 is 0 Å². The number of nitrogens with one attached hydrogen (secondary N) is 1. The van der Waals surface area contributed by atoms with Gasteiger partial charge in [-0.15, -0.1) is 0 Å². The lowest BCUT2D eigenvalue weighted by Crippen LogP contribution is -2.46. The first kappa shape index (κ1) is 17.7. The Morgan fingerprint density at radius 2 is 1.83 bits per heavy atom. The summed E-state index contributed by atoms with van der Waals surface area (Å²) in [7, 11) is 0. The minimum atomic E-state index is -0.546. The summed E-state index contributed by atoms with van der Waals surface area (Å²) in [5, 5.41) is 2.66. The molecule has 0 aliphatic heterocycles. The van der Waals surface area contributed by atoms with Crippen molar-refractivity contribution in [2.45, 2.75) is 32.9 Å². The third-order valence-corrected chi connectivity index (χ3v) is 3.71. The van der Waals surface area contributed by atoms with Gasteiger partial charge in [-0.3, -0.25) is 14.6 Å². The number of rotatable bonds is 7. The summed E-state index contributed by atoms with van der Waals surface area (Å²) in [6, 6.07) is 13.3. The standard InChI is InChI=1S/C19H23N3O2/c1-15(21-16(2)23)19(24)22(14-18-9-6-11-20-13-18)12-10-17-7-4-3-5-8-17/h3-9,11,13,15H,10,12,14H2,1-2H3,(H,21,23)/t15-/m0/s1. The fraction of sp³-hybridized carbons (Fsp3) is 0.316. The van der Waals surface area contributed by atoms with E-state index in [1.807, 2.05) is 42.5 Å². The predicted molar refractivity (Wildman–Crippen MR) is 93.1 cm³/mol. The molecule has 2 aromatic rings. The summed E-state index contributed by atoms with van der Waals surface area (Å²) in [6.07, 6.45) is 4.23.